The van der Waals surface area contributed by atoms with Crippen molar-refractivity contribution in [3.05, 3.63) is 63.6 Å². The summed E-state index contributed by atoms with van der Waals surface area (Å²) in [5.41, 5.74) is 3.13. The number of nitrogens with zero attached hydrogens (tertiary/aromatic N) is 1. The molecule has 0 bridgehead atoms. The molecule has 0 unspecified atom stereocenters. The van der Waals surface area contributed by atoms with E-state index in [-0.39, 0.29) is 24.5 Å². The smallest absolute Gasteiger partial charge is 0.261 e. The maximum atomic E-state index is 13.3. The summed E-state index contributed by atoms with van der Waals surface area (Å²) in [6.45, 7) is 10.1. The van der Waals surface area contributed by atoms with Crippen LogP contribution in [0.3, 0.4) is 0 Å². The lowest BCUT2D eigenvalue weighted by atomic mass is 10.1. The summed E-state index contributed by atoms with van der Waals surface area (Å²) >= 11 is 3.47. The monoisotopic (exact) mass is 488 g/mol. The van der Waals surface area contributed by atoms with Crippen LogP contribution in [0.1, 0.15) is 50.3 Å². The van der Waals surface area contributed by atoms with Gasteiger partial charge in [0, 0.05) is 17.1 Å². The molecule has 0 spiro atoms. The van der Waals surface area contributed by atoms with Gasteiger partial charge in [0.15, 0.2) is 6.61 Å². The first-order valence-corrected chi connectivity index (χ1v) is 11.6. The molecule has 31 heavy (non-hydrogen) atoms. The molecule has 1 N–H and O–H groups in total. The molecule has 0 aliphatic carbocycles. The highest BCUT2D eigenvalue weighted by Gasteiger charge is 2.29. The van der Waals surface area contributed by atoms with Gasteiger partial charge in [0.1, 0.15) is 11.8 Å². The highest BCUT2D eigenvalue weighted by molar-refractivity contribution is 9.10. The summed E-state index contributed by atoms with van der Waals surface area (Å²) in [7, 11) is 0. The third-order valence-corrected chi connectivity index (χ3v) is 6.37. The first kappa shape index (κ1) is 24.9. The molecule has 0 saturated carbocycles. The Labute approximate surface area is 194 Å². The predicted molar refractivity (Wildman–Crippen MR) is 128 cm³/mol. The van der Waals surface area contributed by atoms with Crippen LogP contribution in [-0.2, 0) is 16.1 Å². The normalized spacial score (nSPS) is 12.7. The molecule has 0 aliphatic rings. The molecule has 0 radical (unpaired) electrons. The van der Waals surface area contributed by atoms with Crippen molar-refractivity contribution in [1.29, 1.82) is 0 Å². The Morgan fingerprint density at radius 2 is 1.77 bits per heavy atom. The summed E-state index contributed by atoms with van der Waals surface area (Å²) < 4.78 is 6.77. The molecule has 0 fully saturated rings. The van der Waals surface area contributed by atoms with Crippen LogP contribution in [0.5, 0.6) is 5.75 Å². The van der Waals surface area contributed by atoms with Gasteiger partial charge in [-0.1, -0.05) is 54.0 Å². The van der Waals surface area contributed by atoms with Crippen molar-refractivity contribution in [3.8, 4) is 5.75 Å². The molecule has 0 aromatic heterocycles. The van der Waals surface area contributed by atoms with Crippen molar-refractivity contribution >= 4 is 27.7 Å². The van der Waals surface area contributed by atoms with Gasteiger partial charge in [0.25, 0.3) is 5.91 Å². The average molecular weight is 489 g/mol. The maximum Gasteiger partial charge on any atom is 0.261 e. The van der Waals surface area contributed by atoms with E-state index in [4.69, 9.17) is 4.74 Å². The fourth-order valence-corrected chi connectivity index (χ4v) is 3.51. The molecule has 2 amide bonds. The van der Waals surface area contributed by atoms with Crippen molar-refractivity contribution in [1.82, 2.24) is 10.2 Å². The molecular formula is C25H33BrN2O3. The van der Waals surface area contributed by atoms with E-state index >= 15 is 0 Å². The van der Waals surface area contributed by atoms with Crippen LogP contribution >= 0.6 is 15.9 Å². The zero-order valence-electron chi connectivity index (χ0n) is 19.1. The molecule has 6 heteroatoms. The molecule has 2 rings (SSSR count). The summed E-state index contributed by atoms with van der Waals surface area (Å²) in [5, 5.41) is 3.02. The van der Waals surface area contributed by atoms with Gasteiger partial charge in [-0.2, -0.15) is 0 Å². The van der Waals surface area contributed by atoms with Crippen LogP contribution in [0.4, 0.5) is 0 Å². The highest BCUT2D eigenvalue weighted by Crippen LogP contribution is 2.22. The average Bonchev–Trinajstić information content (AvgIpc) is 2.75. The van der Waals surface area contributed by atoms with Crippen LogP contribution in [0.2, 0.25) is 0 Å². The van der Waals surface area contributed by atoms with Gasteiger partial charge in [-0.05, 0) is 68.5 Å². The Bertz CT molecular complexity index is 900. The van der Waals surface area contributed by atoms with Gasteiger partial charge in [-0.15, -0.1) is 0 Å². The predicted octanol–water partition coefficient (Wildman–Crippen LogP) is 5.17. The summed E-state index contributed by atoms with van der Waals surface area (Å²) in [6.07, 6.45) is 1.36. The first-order chi connectivity index (χ1) is 14.8. The topological polar surface area (TPSA) is 58.6 Å². The number of hydrogen-bond donors (Lipinski definition) is 1. The Balaban J connectivity index is 2.24. The van der Waals surface area contributed by atoms with E-state index in [1.54, 1.807) is 4.90 Å². The largest absolute Gasteiger partial charge is 0.484 e. The third kappa shape index (κ3) is 7.10. The van der Waals surface area contributed by atoms with Crippen LogP contribution in [0, 0.1) is 13.8 Å². The minimum atomic E-state index is -0.559. The number of halogens is 1. The second-order valence-corrected chi connectivity index (χ2v) is 8.74. The van der Waals surface area contributed by atoms with Crippen molar-refractivity contribution in [2.75, 3.05) is 6.61 Å². The minimum absolute atomic E-state index is 0.0546. The van der Waals surface area contributed by atoms with Gasteiger partial charge in [0.2, 0.25) is 5.91 Å². The maximum absolute atomic E-state index is 13.3. The van der Waals surface area contributed by atoms with E-state index in [1.165, 1.54) is 0 Å². The molecule has 0 aliphatic heterocycles. The fourth-order valence-electron chi connectivity index (χ4n) is 3.27. The number of hydrogen-bond acceptors (Lipinski definition) is 3. The second-order valence-electron chi connectivity index (χ2n) is 7.89. The lowest BCUT2D eigenvalue weighted by Crippen LogP contribution is -2.51. The third-order valence-electron chi connectivity index (χ3n) is 5.48. The van der Waals surface area contributed by atoms with Gasteiger partial charge >= 0.3 is 0 Å². The highest BCUT2D eigenvalue weighted by atomic mass is 79.9. The molecule has 168 valence electrons. The first-order valence-electron chi connectivity index (χ1n) is 10.8. The van der Waals surface area contributed by atoms with E-state index in [9.17, 15) is 9.59 Å². The van der Waals surface area contributed by atoms with Crippen LogP contribution in [0.25, 0.3) is 0 Å². The van der Waals surface area contributed by atoms with E-state index < -0.39 is 6.04 Å². The molecule has 2 aromatic carbocycles. The molecule has 0 heterocycles. The van der Waals surface area contributed by atoms with Gasteiger partial charge in [-0.25, -0.2) is 0 Å². The molecule has 2 aromatic rings. The number of nitrogens with one attached hydrogen (secondary N) is 1. The number of amides is 2. The summed E-state index contributed by atoms with van der Waals surface area (Å²) in [6, 6.07) is 13.0. The number of aryl methyl sites for hydroxylation is 2. The molecule has 2 atom stereocenters. The van der Waals surface area contributed by atoms with E-state index in [0.29, 0.717) is 18.7 Å². The van der Waals surface area contributed by atoms with Crippen molar-refractivity contribution in [2.45, 2.75) is 66.1 Å². The Hall–Kier alpha value is -2.34. The Kier molecular flexibility index (Phi) is 9.56. The second kappa shape index (κ2) is 11.9. The quantitative estimate of drug-likeness (QED) is 0.501. The number of ether oxygens (including phenoxy) is 1. The van der Waals surface area contributed by atoms with Gasteiger partial charge in [-0.3, -0.25) is 9.59 Å². The number of rotatable bonds is 10. The number of benzene rings is 2. The number of carbonyl (C=O) groups excluding carboxylic acids is 2. The zero-order valence-corrected chi connectivity index (χ0v) is 20.7. The standard InChI is InChI=1S/C25H33BrN2O3/c1-6-19(5)27-25(30)23(7-2)28(15-20-11-9-8-10-17(20)3)24(29)16-31-21-12-13-22(26)18(4)14-21/h8-14,19,23H,6-7,15-16H2,1-5H3,(H,27,30)/t19-,23-/m1/s1. The molecule has 5 nitrogen and oxygen atoms in total. The van der Waals surface area contributed by atoms with E-state index in [2.05, 4.69) is 21.2 Å². The Morgan fingerprint density at radius 3 is 2.39 bits per heavy atom. The lowest BCUT2D eigenvalue weighted by Gasteiger charge is -2.31. The summed E-state index contributed by atoms with van der Waals surface area (Å²) in [4.78, 5) is 27.9. The number of carbonyl (C=O) groups is 2. The lowest BCUT2D eigenvalue weighted by molar-refractivity contribution is -0.143. The van der Waals surface area contributed by atoms with E-state index in [0.717, 1.165) is 27.6 Å². The summed E-state index contributed by atoms with van der Waals surface area (Å²) in [5.74, 6) is 0.287. The minimum Gasteiger partial charge on any atom is -0.484 e. The van der Waals surface area contributed by atoms with Crippen LogP contribution < -0.4 is 10.1 Å². The molecular weight excluding hydrogens is 456 g/mol. The van der Waals surface area contributed by atoms with Crippen molar-refractivity contribution in [2.24, 2.45) is 0 Å². The molecule has 0 saturated heterocycles. The van der Waals surface area contributed by atoms with Crippen molar-refractivity contribution in [3.63, 3.8) is 0 Å². The van der Waals surface area contributed by atoms with Crippen LogP contribution in [-0.4, -0.2) is 35.4 Å². The van der Waals surface area contributed by atoms with Gasteiger partial charge < -0.3 is 15.0 Å². The zero-order chi connectivity index (χ0) is 23.0. The van der Waals surface area contributed by atoms with Gasteiger partial charge in [0.05, 0.1) is 0 Å². The van der Waals surface area contributed by atoms with E-state index in [1.807, 2.05) is 77.1 Å². The fraction of sp³-hybridized carbons (Fsp3) is 0.440. The van der Waals surface area contributed by atoms with Crippen LogP contribution in [0.15, 0.2) is 46.9 Å². The van der Waals surface area contributed by atoms with Crippen molar-refractivity contribution < 1.29 is 14.3 Å². The SMILES string of the molecule is CC[C@@H](C)NC(=O)[C@@H](CC)N(Cc1ccccc1C)C(=O)COc1ccc(Br)c(C)c1. The Morgan fingerprint density at radius 1 is 1.06 bits per heavy atom.